The lowest BCUT2D eigenvalue weighted by Gasteiger charge is -2.15. The molecular formula is C23H18N2O4. The molecule has 6 heteroatoms. The topological polar surface area (TPSA) is 75.7 Å². The largest absolute Gasteiger partial charge is 0.465 e. The maximum absolute atomic E-state index is 12.6. The Morgan fingerprint density at radius 2 is 1.45 bits per heavy atom. The molecule has 144 valence electrons. The number of anilines is 2. The Labute approximate surface area is 167 Å². The highest BCUT2D eigenvalue weighted by molar-refractivity contribution is 6.34. The van der Waals surface area contributed by atoms with Crippen LogP contribution in [0.1, 0.15) is 36.6 Å². The van der Waals surface area contributed by atoms with Crippen molar-refractivity contribution in [3.8, 4) is 0 Å². The van der Waals surface area contributed by atoms with Gasteiger partial charge in [0.2, 0.25) is 0 Å². The SMILES string of the molecule is COC(=O)c1ccc(CNc2ccc(N3C(=O)c4ccccc4C3=O)cc2)cc1. The van der Waals surface area contributed by atoms with E-state index >= 15 is 0 Å². The summed E-state index contributed by atoms with van der Waals surface area (Å²) in [6.45, 7) is 0.563. The number of carbonyl (C=O) groups excluding carboxylic acids is 3. The molecule has 0 radical (unpaired) electrons. The Morgan fingerprint density at radius 1 is 0.862 bits per heavy atom. The zero-order chi connectivity index (χ0) is 20.4. The van der Waals surface area contributed by atoms with Gasteiger partial charge in [0.25, 0.3) is 11.8 Å². The lowest BCUT2D eigenvalue weighted by Crippen LogP contribution is -2.29. The van der Waals surface area contributed by atoms with Crippen LogP contribution in [-0.4, -0.2) is 24.9 Å². The molecule has 0 bridgehead atoms. The van der Waals surface area contributed by atoms with Gasteiger partial charge < -0.3 is 10.1 Å². The summed E-state index contributed by atoms with van der Waals surface area (Å²) in [4.78, 5) is 37.8. The highest BCUT2D eigenvalue weighted by Gasteiger charge is 2.36. The van der Waals surface area contributed by atoms with Crippen molar-refractivity contribution in [2.75, 3.05) is 17.3 Å². The number of hydrogen-bond donors (Lipinski definition) is 1. The number of amides is 2. The number of hydrogen-bond acceptors (Lipinski definition) is 5. The molecule has 0 unspecified atom stereocenters. The first-order chi connectivity index (χ1) is 14.1. The van der Waals surface area contributed by atoms with Crippen molar-refractivity contribution < 1.29 is 19.1 Å². The molecule has 0 saturated carbocycles. The van der Waals surface area contributed by atoms with E-state index in [-0.39, 0.29) is 17.8 Å². The summed E-state index contributed by atoms with van der Waals surface area (Å²) in [5, 5.41) is 3.28. The average Bonchev–Trinajstić information content (AvgIpc) is 3.03. The van der Waals surface area contributed by atoms with Crippen molar-refractivity contribution in [3.05, 3.63) is 95.1 Å². The summed E-state index contributed by atoms with van der Waals surface area (Å²) in [5.41, 5.74) is 3.74. The molecule has 3 aromatic rings. The van der Waals surface area contributed by atoms with E-state index < -0.39 is 0 Å². The molecule has 0 fully saturated rings. The van der Waals surface area contributed by atoms with Crippen molar-refractivity contribution in [3.63, 3.8) is 0 Å². The standard InChI is InChI=1S/C23H18N2O4/c1-29-23(28)16-8-6-15(7-9-16)14-24-17-10-12-18(13-11-17)25-21(26)19-4-2-3-5-20(19)22(25)27/h2-13,24H,14H2,1H3. The average molecular weight is 386 g/mol. The van der Waals surface area contributed by atoms with E-state index in [1.165, 1.54) is 12.0 Å². The fourth-order valence-electron chi connectivity index (χ4n) is 3.23. The Morgan fingerprint density at radius 3 is 2.00 bits per heavy atom. The maximum Gasteiger partial charge on any atom is 0.337 e. The molecule has 4 rings (SSSR count). The molecular weight excluding hydrogens is 368 g/mol. The van der Waals surface area contributed by atoms with Crippen LogP contribution in [0.5, 0.6) is 0 Å². The highest BCUT2D eigenvalue weighted by Crippen LogP contribution is 2.29. The van der Waals surface area contributed by atoms with Gasteiger partial charge in [0.05, 0.1) is 29.5 Å². The second kappa shape index (κ2) is 7.59. The molecule has 1 N–H and O–H groups in total. The number of benzene rings is 3. The van der Waals surface area contributed by atoms with E-state index in [2.05, 4.69) is 10.1 Å². The van der Waals surface area contributed by atoms with Crippen LogP contribution in [0.2, 0.25) is 0 Å². The van der Waals surface area contributed by atoms with Gasteiger partial charge in [-0.1, -0.05) is 24.3 Å². The number of ether oxygens (including phenoxy) is 1. The lowest BCUT2D eigenvalue weighted by molar-refractivity contribution is 0.0600. The van der Waals surface area contributed by atoms with Crippen molar-refractivity contribution >= 4 is 29.2 Å². The minimum absolute atomic E-state index is 0.308. The van der Waals surface area contributed by atoms with E-state index in [9.17, 15) is 14.4 Å². The van der Waals surface area contributed by atoms with Crippen molar-refractivity contribution in [2.45, 2.75) is 6.54 Å². The van der Waals surface area contributed by atoms with Crippen LogP contribution in [0.4, 0.5) is 11.4 Å². The van der Waals surface area contributed by atoms with Crippen molar-refractivity contribution in [2.24, 2.45) is 0 Å². The van der Waals surface area contributed by atoms with Crippen LogP contribution in [0.25, 0.3) is 0 Å². The fourth-order valence-corrected chi connectivity index (χ4v) is 3.23. The second-order valence-corrected chi connectivity index (χ2v) is 6.58. The van der Waals surface area contributed by atoms with Crippen LogP contribution in [0.15, 0.2) is 72.8 Å². The van der Waals surface area contributed by atoms with Gasteiger partial charge in [0.1, 0.15) is 0 Å². The molecule has 0 aliphatic carbocycles. The Kier molecular flexibility index (Phi) is 4.83. The van der Waals surface area contributed by atoms with Crippen LogP contribution in [0.3, 0.4) is 0 Å². The number of nitrogens with zero attached hydrogens (tertiary/aromatic N) is 1. The zero-order valence-electron chi connectivity index (χ0n) is 15.7. The summed E-state index contributed by atoms with van der Waals surface area (Å²) in [7, 11) is 1.35. The normalized spacial score (nSPS) is 12.7. The first kappa shape index (κ1) is 18.4. The number of methoxy groups -OCH3 is 1. The van der Waals surface area contributed by atoms with E-state index in [0.29, 0.717) is 28.9 Å². The lowest BCUT2D eigenvalue weighted by atomic mass is 10.1. The molecule has 0 atom stereocenters. The highest BCUT2D eigenvalue weighted by atomic mass is 16.5. The second-order valence-electron chi connectivity index (χ2n) is 6.58. The van der Waals surface area contributed by atoms with Gasteiger partial charge in [-0.2, -0.15) is 0 Å². The van der Waals surface area contributed by atoms with Crippen LogP contribution >= 0.6 is 0 Å². The number of imide groups is 1. The summed E-state index contributed by atoms with van der Waals surface area (Å²) in [6, 6.07) is 21.1. The van der Waals surface area contributed by atoms with Gasteiger partial charge >= 0.3 is 5.97 Å². The summed E-state index contributed by atoms with van der Waals surface area (Å²) in [5.74, 6) is -0.984. The van der Waals surface area contributed by atoms with Gasteiger partial charge in [-0.3, -0.25) is 9.59 Å². The Hall–Kier alpha value is -3.93. The fraction of sp³-hybridized carbons (Fsp3) is 0.0870. The minimum Gasteiger partial charge on any atom is -0.465 e. The molecule has 1 heterocycles. The monoisotopic (exact) mass is 386 g/mol. The van der Waals surface area contributed by atoms with Gasteiger partial charge in [-0.05, 0) is 54.1 Å². The quantitative estimate of drug-likeness (QED) is 0.532. The minimum atomic E-state index is -0.367. The van der Waals surface area contributed by atoms with E-state index in [1.807, 2.05) is 24.3 Å². The van der Waals surface area contributed by atoms with Gasteiger partial charge in [-0.25, -0.2) is 9.69 Å². The predicted molar refractivity (Wildman–Crippen MR) is 109 cm³/mol. The van der Waals surface area contributed by atoms with Crippen molar-refractivity contribution in [1.82, 2.24) is 0 Å². The van der Waals surface area contributed by atoms with Crippen LogP contribution in [0, 0.1) is 0 Å². The predicted octanol–water partition coefficient (Wildman–Crippen LogP) is 3.89. The van der Waals surface area contributed by atoms with Gasteiger partial charge in [0.15, 0.2) is 0 Å². The summed E-state index contributed by atoms with van der Waals surface area (Å²) >= 11 is 0. The number of rotatable bonds is 5. The number of esters is 1. The first-order valence-corrected chi connectivity index (χ1v) is 9.07. The molecule has 0 spiro atoms. The molecule has 3 aromatic carbocycles. The smallest absolute Gasteiger partial charge is 0.337 e. The summed E-state index contributed by atoms with van der Waals surface area (Å²) < 4.78 is 4.69. The Bertz CT molecular complexity index is 1050. The maximum atomic E-state index is 12.6. The Balaban J connectivity index is 1.43. The third-order valence-corrected chi connectivity index (χ3v) is 4.79. The third kappa shape index (κ3) is 3.48. The van der Waals surface area contributed by atoms with Gasteiger partial charge in [0, 0.05) is 12.2 Å². The summed E-state index contributed by atoms with van der Waals surface area (Å²) in [6.07, 6.45) is 0. The molecule has 0 aromatic heterocycles. The van der Waals surface area contributed by atoms with E-state index in [0.717, 1.165) is 11.3 Å². The third-order valence-electron chi connectivity index (χ3n) is 4.79. The number of fused-ring (bicyclic) bond motifs is 1. The molecule has 29 heavy (non-hydrogen) atoms. The van der Waals surface area contributed by atoms with E-state index in [1.54, 1.807) is 48.5 Å². The van der Waals surface area contributed by atoms with E-state index in [4.69, 9.17) is 0 Å². The van der Waals surface area contributed by atoms with Crippen LogP contribution in [-0.2, 0) is 11.3 Å². The molecule has 1 aliphatic heterocycles. The molecule has 1 aliphatic rings. The first-order valence-electron chi connectivity index (χ1n) is 9.07. The zero-order valence-corrected chi connectivity index (χ0v) is 15.7. The molecule has 6 nitrogen and oxygen atoms in total. The number of carbonyl (C=O) groups is 3. The molecule has 2 amide bonds. The molecule has 0 saturated heterocycles. The van der Waals surface area contributed by atoms with Gasteiger partial charge in [-0.15, -0.1) is 0 Å². The number of nitrogens with one attached hydrogen (secondary N) is 1. The van der Waals surface area contributed by atoms with Crippen LogP contribution < -0.4 is 10.2 Å². The van der Waals surface area contributed by atoms with Crippen molar-refractivity contribution in [1.29, 1.82) is 0 Å².